The van der Waals surface area contributed by atoms with Crippen LogP contribution in [0.3, 0.4) is 0 Å². The highest BCUT2D eigenvalue weighted by Crippen LogP contribution is 2.45. The number of carbonyl (C=O) groups is 1. The van der Waals surface area contributed by atoms with E-state index in [1.165, 1.54) is 0 Å². The highest BCUT2D eigenvalue weighted by Gasteiger charge is 2.50. The number of nitrogens with one attached hydrogen (secondary N) is 1. The molecule has 1 aromatic carbocycles. The van der Waals surface area contributed by atoms with Crippen molar-refractivity contribution in [1.82, 2.24) is 0 Å². The number of halogens is 1. The second-order valence-corrected chi connectivity index (χ2v) is 4.79. The van der Waals surface area contributed by atoms with Crippen LogP contribution >= 0.6 is 22.6 Å². The molecule has 1 saturated carbocycles. The molecule has 1 aliphatic rings. The molecular weight excluding hydrogens is 303 g/mol. The number of amides is 1. The molecule has 0 unspecified atom stereocenters. The van der Waals surface area contributed by atoms with Gasteiger partial charge in [-0.05, 0) is 47.6 Å². The fourth-order valence-corrected chi connectivity index (χ4v) is 1.84. The topological polar surface area (TPSA) is 52.9 Å². The normalized spacial score (nSPS) is 16.5. The SMILES string of the molecule is N#CC1(C(=O)Nc2ccccc2I)CC1. The number of nitrogens with zero attached hydrogens (tertiary/aromatic N) is 1. The third kappa shape index (κ3) is 1.97. The average molecular weight is 312 g/mol. The van der Waals surface area contributed by atoms with Crippen molar-refractivity contribution in [2.45, 2.75) is 12.8 Å². The molecule has 0 aliphatic heterocycles. The van der Waals surface area contributed by atoms with Gasteiger partial charge in [0.15, 0.2) is 0 Å². The molecule has 1 aliphatic carbocycles. The van der Waals surface area contributed by atoms with Crippen molar-refractivity contribution < 1.29 is 4.79 Å². The van der Waals surface area contributed by atoms with Gasteiger partial charge < -0.3 is 5.32 Å². The Labute approximate surface area is 102 Å². The lowest BCUT2D eigenvalue weighted by Gasteiger charge is -2.09. The van der Waals surface area contributed by atoms with Gasteiger partial charge in [-0.2, -0.15) is 5.26 Å². The number of rotatable bonds is 2. The van der Waals surface area contributed by atoms with Gasteiger partial charge in [0.05, 0.1) is 11.8 Å². The zero-order valence-corrected chi connectivity index (χ0v) is 10.1. The van der Waals surface area contributed by atoms with Crippen molar-refractivity contribution in [3.63, 3.8) is 0 Å². The summed E-state index contributed by atoms with van der Waals surface area (Å²) >= 11 is 2.16. The standard InChI is InChI=1S/C11H9IN2O/c12-8-3-1-2-4-9(8)14-10(15)11(7-13)5-6-11/h1-4H,5-6H2,(H,14,15). The summed E-state index contributed by atoms with van der Waals surface area (Å²) in [5, 5.41) is 11.7. The van der Waals surface area contributed by atoms with Crippen molar-refractivity contribution >= 4 is 34.2 Å². The van der Waals surface area contributed by atoms with E-state index in [0.717, 1.165) is 9.26 Å². The molecule has 1 N–H and O–H groups in total. The van der Waals surface area contributed by atoms with Crippen LogP contribution < -0.4 is 5.32 Å². The van der Waals surface area contributed by atoms with Crippen LogP contribution in [0.2, 0.25) is 0 Å². The largest absolute Gasteiger partial charge is 0.324 e. The van der Waals surface area contributed by atoms with Gasteiger partial charge in [0.1, 0.15) is 5.41 Å². The van der Waals surface area contributed by atoms with Gasteiger partial charge in [0, 0.05) is 3.57 Å². The second kappa shape index (κ2) is 3.81. The molecule has 0 aromatic heterocycles. The predicted molar refractivity (Wildman–Crippen MR) is 65.1 cm³/mol. The van der Waals surface area contributed by atoms with Crippen LogP contribution in [0.15, 0.2) is 24.3 Å². The Morgan fingerprint density at radius 3 is 2.67 bits per heavy atom. The van der Waals surface area contributed by atoms with Crippen LogP contribution in [0.1, 0.15) is 12.8 Å². The molecule has 1 aromatic rings. The van der Waals surface area contributed by atoms with E-state index in [1.54, 1.807) is 0 Å². The van der Waals surface area contributed by atoms with E-state index in [0.29, 0.717) is 12.8 Å². The van der Waals surface area contributed by atoms with Crippen LogP contribution in [-0.4, -0.2) is 5.91 Å². The maximum absolute atomic E-state index is 11.7. The molecule has 76 valence electrons. The smallest absolute Gasteiger partial charge is 0.244 e. The van der Waals surface area contributed by atoms with Crippen LogP contribution in [0.25, 0.3) is 0 Å². The minimum absolute atomic E-state index is 0.172. The third-order valence-electron chi connectivity index (χ3n) is 2.52. The molecule has 4 heteroatoms. The summed E-state index contributed by atoms with van der Waals surface area (Å²) in [5.41, 5.74) is 0.0310. The molecule has 0 atom stereocenters. The Hall–Kier alpha value is -1.09. The molecule has 0 radical (unpaired) electrons. The lowest BCUT2D eigenvalue weighted by Crippen LogP contribution is -2.23. The van der Waals surface area contributed by atoms with Gasteiger partial charge in [0.25, 0.3) is 0 Å². The van der Waals surface area contributed by atoms with Crippen LogP contribution in [-0.2, 0) is 4.79 Å². The van der Waals surface area contributed by atoms with Gasteiger partial charge in [-0.3, -0.25) is 4.79 Å². The zero-order valence-electron chi connectivity index (χ0n) is 7.96. The van der Waals surface area contributed by atoms with Gasteiger partial charge in [-0.25, -0.2) is 0 Å². The number of carbonyl (C=O) groups excluding carboxylic acids is 1. The van der Waals surface area contributed by atoms with Crippen molar-refractivity contribution in [3.8, 4) is 6.07 Å². The summed E-state index contributed by atoms with van der Waals surface area (Å²) in [5.74, 6) is -0.172. The van der Waals surface area contributed by atoms with Gasteiger partial charge >= 0.3 is 0 Å². The van der Waals surface area contributed by atoms with Gasteiger partial charge in [-0.15, -0.1) is 0 Å². The van der Waals surface area contributed by atoms with E-state index in [9.17, 15) is 4.79 Å². The average Bonchev–Trinajstić information content (AvgIpc) is 3.02. The van der Waals surface area contributed by atoms with Gasteiger partial charge in [0.2, 0.25) is 5.91 Å². The second-order valence-electron chi connectivity index (χ2n) is 3.63. The summed E-state index contributed by atoms with van der Waals surface area (Å²) in [6.45, 7) is 0. The number of nitriles is 1. The van der Waals surface area contributed by atoms with E-state index in [4.69, 9.17) is 5.26 Å². The molecule has 2 rings (SSSR count). The highest BCUT2D eigenvalue weighted by molar-refractivity contribution is 14.1. The lowest BCUT2D eigenvalue weighted by atomic mass is 10.1. The van der Waals surface area contributed by atoms with Gasteiger partial charge in [-0.1, -0.05) is 12.1 Å². The zero-order chi connectivity index (χ0) is 10.9. The minimum Gasteiger partial charge on any atom is -0.324 e. The lowest BCUT2D eigenvalue weighted by molar-refractivity contribution is -0.119. The molecule has 0 saturated heterocycles. The molecule has 0 spiro atoms. The maximum atomic E-state index is 11.7. The number of benzene rings is 1. The van der Waals surface area contributed by atoms with E-state index in [-0.39, 0.29) is 5.91 Å². The Morgan fingerprint density at radius 1 is 1.47 bits per heavy atom. The van der Waals surface area contributed by atoms with Crippen molar-refractivity contribution in [1.29, 1.82) is 5.26 Å². The fourth-order valence-electron chi connectivity index (χ4n) is 1.32. The highest BCUT2D eigenvalue weighted by atomic mass is 127. The van der Waals surface area contributed by atoms with Crippen molar-refractivity contribution in [3.05, 3.63) is 27.8 Å². The molecule has 0 heterocycles. The molecule has 3 nitrogen and oxygen atoms in total. The Kier molecular flexibility index (Phi) is 2.65. The van der Waals surface area contributed by atoms with E-state index in [2.05, 4.69) is 34.0 Å². The summed E-state index contributed by atoms with van der Waals surface area (Å²) in [7, 11) is 0. The predicted octanol–water partition coefficient (Wildman–Crippen LogP) is 2.53. The third-order valence-corrected chi connectivity index (χ3v) is 3.46. The molecular formula is C11H9IN2O. The first-order valence-corrected chi connectivity index (χ1v) is 5.73. The molecule has 15 heavy (non-hydrogen) atoms. The van der Waals surface area contributed by atoms with E-state index < -0.39 is 5.41 Å². The Bertz CT molecular complexity index is 446. The number of anilines is 1. The van der Waals surface area contributed by atoms with Crippen molar-refractivity contribution in [2.75, 3.05) is 5.32 Å². The van der Waals surface area contributed by atoms with Crippen LogP contribution in [0, 0.1) is 20.3 Å². The Balaban J connectivity index is 2.14. The molecule has 1 fully saturated rings. The fraction of sp³-hybridized carbons (Fsp3) is 0.273. The summed E-state index contributed by atoms with van der Waals surface area (Å²) in [6, 6.07) is 9.61. The minimum atomic E-state index is -0.751. The number of hydrogen-bond acceptors (Lipinski definition) is 2. The first-order chi connectivity index (χ1) is 7.18. The summed E-state index contributed by atoms with van der Waals surface area (Å²) in [6.07, 6.45) is 1.36. The number of para-hydroxylation sites is 1. The van der Waals surface area contributed by atoms with Crippen molar-refractivity contribution in [2.24, 2.45) is 5.41 Å². The quantitative estimate of drug-likeness (QED) is 0.853. The maximum Gasteiger partial charge on any atom is 0.244 e. The molecule has 0 bridgehead atoms. The van der Waals surface area contributed by atoms with Crippen LogP contribution in [0.5, 0.6) is 0 Å². The molecule has 1 amide bonds. The monoisotopic (exact) mass is 312 g/mol. The van der Waals surface area contributed by atoms with E-state index >= 15 is 0 Å². The summed E-state index contributed by atoms with van der Waals surface area (Å²) < 4.78 is 0.984. The van der Waals surface area contributed by atoms with E-state index in [1.807, 2.05) is 24.3 Å². The number of hydrogen-bond donors (Lipinski definition) is 1. The first-order valence-electron chi connectivity index (χ1n) is 4.65. The first kappa shape index (κ1) is 10.4. The summed E-state index contributed by atoms with van der Waals surface area (Å²) in [4.78, 5) is 11.7. The van der Waals surface area contributed by atoms with Crippen LogP contribution in [0.4, 0.5) is 5.69 Å². The Morgan fingerprint density at radius 2 is 2.13 bits per heavy atom.